The van der Waals surface area contributed by atoms with E-state index < -0.39 is 0 Å². The van der Waals surface area contributed by atoms with Gasteiger partial charge in [-0.25, -0.2) is 4.68 Å². The highest BCUT2D eigenvalue weighted by Crippen LogP contribution is 2.14. The molecule has 2 heterocycles. The fourth-order valence-electron chi connectivity index (χ4n) is 3.23. The van der Waals surface area contributed by atoms with Crippen LogP contribution >= 0.6 is 24.0 Å². The summed E-state index contributed by atoms with van der Waals surface area (Å²) >= 11 is 0. The van der Waals surface area contributed by atoms with Crippen LogP contribution in [0.5, 0.6) is 5.75 Å². The van der Waals surface area contributed by atoms with Gasteiger partial charge >= 0.3 is 0 Å². The Hall–Kier alpha value is -2.30. The van der Waals surface area contributed by atoms with Gasteiger partial charge < -0.3 is 20.3 Å². The largest absolute Gasteiger partial charge is 0.497 e. The van der Waals surface area contributed by atoms with E-state index in [1.165, 1.54) is 0 Å². The lowest BCUT2D eigenvalue weighted by Gasteiger charge is -2.18. The summed E-state index contributed by atoms with van der Waals surface area (Å²) in [5.74, 6) is 1.74. The summed E-state index contributed by atoms with van der Waals surface area (Å²) in [6, 6.07) is 9.95. The minimum absolute atomic E-state index is 0. The SMILES string of the molecule is CCC(=O)N1CCC(NC(=NC)NCc2ccn(-c3ccc(OC)cc3)n2)C1.I. The monoisotopic (exact) mass is 512 g/mol. The van der Waals surface area contributed by atoms with E-state index in [0.29, 0.717) is 13.0 Å². The van der Waals surface area contributed by atoms with E-state index in [1.54, 1.807) is 14.2 Å². The molecule has 1 aromatic heterocycles. The summed E-state index contributed by atoms with van der Waals surface area (Å²) in [4.78, 5) is 18.0. The van der Waals surface area contributed by atoms with Crippen LogP contribution in [0.4, 0.5) is 0 Å². The Morgan fingerprint density at radius 3 is 2.72 bits per heavy atom. The number of amides is 1. The highest BCUT2D eigenvalue weighted by Gasteiger charge is 2.25. The number of aromatic nitrogens is 2. The zero-order valence-electron chi connectivity index (χ0n) is 17.1. The molecule has 0 radical (unpaired) electrons. The highest BCUT2D eigenvalue weighted by atomic mass is 127. The molecule has 3 rings (SSSR count). The topological polar surface area (TPSA) is 83.8 Å². The Morgan fingerprint density at radius 1 is 1.31 bits per heavy atom. The van der Waals surface area contributed by atoms with Crippen LogP contribution in [0.15, 0.2) is 41.5 Å². The molecule has 0 saturated carbocycles. The van der Waals surface area contributed by atoms with Crippen molar-refractivity contribution in [3.05, 3.63) is 42.2 Å². The Balaban J connectivity index is 0.00000300. The summed E-state index contributed by atoms with van der Waals surface area (Å²) in [6.45, 7) is 3.98. The van der Waals surface area contributed by atoms with Gasteiger partial charge in [0.15, 0.2) is 5.96 Å². The number of halogens is 1. The molecule has 158 valence electrons. The van der Waals surface area contributed by atoms with E-state index in [9.17, 15) is 4.79 Å². The van der Waals surface area contributed by atoms with Crippen LogP contribution in [0.2, 0.25) is 0 Å². The number of ether oxygens (including phenoxy) is 1. The zero-order valence-corrected chi connectivity index (χ0v) is 19.4. The molecule has 1 unspecified atom stereocenters. The Morgan fingerprint density at radius 2 is 2.07 bits per heavy atom. The quantitative estimate of drug-likeness (QED) is 0.352. The van der Waals surface area contributed by atoms with Crippen LogP contribution < -0.4 is 15.4 Å². The van der Waals surface area contributed by atoms with Crippen molar-refractivity contribution >= 4 is 35.8 Å². The third-order valence-corrected chi connectivity index (χ3v) is 4.83. The van der Waals surface area contributed by atoms with Crippen molar-refractivity contribution in [3.8, 4) is 11.4 Å². The van der Waals surface area contributed by atoms with E-state index in [2.05, 4.69) is 20.7 Å². The molecule has 1 amide bonds. The number of nitrogens with zero attached hydrogens (tertiary/aromatic N) is 4. The summed E-state index contributed by atoms with van der Waals surface area (Å²) in [7, 11) is 3.40. The standard InChI is InChI=1S/C20H28N6O2.HI/c1-4-19(27)25-11-9-16(14-25)23-20(21-2)22-13-15-10-12-26(24-15)17-5-7-18(28-3)8-6-17;/h5-8,10,12,16H,4,9,11,13-14H2,1-3H3,(H2,21,22,23);1H. The summed E-state index contributed by atoms with van der Waals surface area (Å²) < 4.78 is 7.02. The van der Waals surface area contributed by atoms with E-state index in [-0.39, 0.29) is 35.9 Å². The first-order valence-corrected chi connectivity index (χ1v) is 9.57. The third-order valence-electron chi connectivity index (χ3n) is 4.83. The molecule has 1 aliphatic heterocycles. The molecular formula is C20H29IN6O2. The van der Waals surface area contributed by atoms with Crippen LogP contribution in [0.25, 0.3) is 5.69 Å². The van der Waals surface area contributed by atoms with Gasteiger partial charge in [-0.3, -0.25) is 9.79 Å². The van der Waals surface area contributed by atoms with Gasteiger partial charge in [0.1, 0.15) is 5.75 Å². The van der Waals surface area contributed by atoms with E-state index in [1.807, 2.05) is 53.0 Å². The van der Waals surface area contributed by atoms with Crippen LogP contribution in [-0.4, -0.2) is 59.8 Å². The lowest BCUT2D eigenvalue weighted by molar-refractivity contribution is -0.129. The van der Waals surface area contributed by atoms with Crippen molar-refractivity contribution in [2.45, 2.75) is 32.4 Å². The van der Waals surface area contributed by atoms with E-state index in [0.717, 1.165) is 42.6 Å². The number of rotatable bonds is 6. The molecule has 0 bridgehead atoms. The fourth-order valence-corrected chi connectivity index (χ4v) is 3.23. The molecule has 0 aliphatic carbocycles. The number of nitrogens with one attached hydrogen (secondary N) is 2. The fraction of sp³-hybridized carbons (Fsp3) is 0.450. The predicted octanol–water partition coefficient (Wildman–Crippen LogP) is 2.17. The second-order valence-corrected chi connectivity index (χ2v) is 6.70. The Bertz CT molecular complexity index is 821. The average molecular weight is 512 g/mol. The number of hydrogen-bond donors (Lipinski definition) is 2. The van der Waals surface area contributed by atoms with Gasteiger partial charge in [-0.05, 0) is 36.8 Å². The molecular weight excluding hydrogens is 483 g/mol. The number of benzene rings is 1. The van der Waals surface area contributed by atoms with E-state index in [4.69, 9.17) is 4.74 Å². The second kappa shape index (κ2) is 11.0. The number of carbonyl (C=O) groups excluding carboxylic acids is 1. The summed E-state index contributed by atoms with van der Waals surface area (Å²) in [5, 5.41) is 11.3. The first-order valence-electron chi connectivity index (χ1n) is 9.57. The smallest absolute Gasteiger partial charge is 0.222 e. The van der Waals surface area contributed by atoms with Gasteiger partial charge in [0.05, 0.1) is 25.0 Å². The van der Waals surface area contributed by atoms with Crippen LogP contribution in [0, 0.1) is 0 Å². The van der Waals surface area contributed by atoms with Crippen LogP contribution in [0.3, 0.4) is 0 Å². The maximum absolute atomic E-state index is 11.8. The van der Waals surface area contributed by atoms with Crippen molar-refractivity contribution in [1.29, 1.82) is 0 Å². The van der Waals surface area contributed by atoms with Crippen LogP contribution in [-0.2, 0) is 11.3 Å². The summed E-state index contributed by atoms with van der Waals surface area (Å²) in [5.41, 5.74) is 1.88. The molecule has 29 heavy (non-hydrogen) atoms. The Kier molecular flexibility index (Phi) is 8.74. The van der Waals surface area contributed by atoms with Crippen LogP contribution in [0.1, 0.15) is 25.5 Å². The molecule has 1 saturated heterocycles. The lowest BCUT2D eigenvalue weighted by atomic mass is 10.3. The number of carbonyl (C=O) groups is 1. The van der Waals surface area contributed by atoms with Gasteiger partial charge in [0.25, 0.3) is 0 Å². The molecule has 1 atom stereocenters. The van der Waals surface area contributed by atoms with Gasteiger partial charge in [-0.2, -0.15) is 5.10 Å². The average Bonchev–Trinajstić information content (AvgIpc) is 3.40. The third kappa shape index (κ3) is 6.09. The normalized spacial score (nSPS) is 16.3. The maximum atomic E-state index is 11.8. The number of hydrogen-bond acceptors (Lipinski definition) is 4. The molecule has 0 spiro atoms. The molecule has 1 aliphatic rings. The number of methoxy groups -OCH3 is 1. The van der Waals surface area contributed by atoms with Crippen molar-refractivity contribution in [2.24, 2.45) is 4.99 Å². The first kappa shape index (κ1) is 23.0. The zero-order chi connectivity index (χ0) is 19.9. The van der Waals surface area contributed by atoms with Crippen molar-refractivity contribution in [1.82, 2.24) is 25.3 Å². The van der Waals surface area contributed by atoms with Gasteiger partial charge in [-0.1, -0.05) is 6.92 Å². The molecule has 1 fully saturated rings. The van der Waals surface area contributed by atoms with Crippen molar-refractivity contribution in [2.75, 3.05) is 27.2 Å². The first-order chi connectivity index (χ1) is 13.6. The molecule has 8 nitrogen and oxygen atoms in total. The van der Waals surface area contributed by atoms with Crippen molar-refractivity contribution in [3.63, 3.8) is 0 Å². The minimum Gasteiger partial charge on any atom is -0.497 e. The van der Waals surface area contributed by atoms with E-state index >= 15 is 0 Å². The number of guanidine groups is 1. The molecule has 9 heteroatoms. The van der Waals surface area contributed by atoms with Gasteiger partial charge in [0, 0.05) is 38.8 Å². The molecule has 1 aromatic carbocycles. The number of likely N-dealkylation sites (tertiary alicyclic amines) is 1. The highest BCUT2D eigenvalue weighted by molar-refractivity contribution is 14.0. The minimum atomic E-state index is 0. The van der Waals surface area contributed by atoms with Gasteiger partial charge in [-0.15, -0.1) is 24.0 Å². The second-order valence-electron chi connectivity index (χ2n) is 6.70. The molecule has 2 N–H and O–H groups in total. The van der Waals surface area contributed by atoms with Gasteiger partial charge in [0.2, 0.25) is 5.91 Å². The predicted molar refractivity (Wildman–Crippen MR) is 124 cm³/mol. The van der Waals surface area contributed by atoms with Crippen molar-refractivity contribution < 1.29 is 9.53 Å². The Labute approximate surface area is 188 Å². The lowest BCUT2D eigenvalue weighted by Crippen LogP contribution is -2.44. The number of aliphatic imine (C=N–C) groups is 1. The maximum Gasteiger partial charge on any atom is 0.222 e. The molecule has 2 aromatic rings. The summed E-state index contributed by atoms with van der Waals surface area (Å²) in [6.07, 6.45) is 3.41.